The third-order valence-electron chi connectivity index (χ3n) is 1.22. The summed E-state index contributed by atoms with van der Waals surface area (Å²) in [6.07, 6.45) is 0. The van der Waals surface area contributed by atoms with E-state index in [2.05, 4.69) is 0 Å². The molecular weight excluding hydrogens is 262 g/mol. The van der Waals surface area contributed by atoms with E-state index in [4.69, 9.17) is 14.8 Å². The zero-order chi connectivity index (χ0) is 9.35. The van der Waals surface area contributed by atoms with Crippen molar-refractivity contribution >= 4 is 113 Å². The van der Waals surface area contributed by atoms with E-state index in [1.165, 1.54) is 0 Å². The first-order chi connectivity index (χ1) is 5.41. The van der Waals surface area contributed by atoms with Crippen molar-refractivity contribution in [3.8, 4) is 11.5 Å². The van der Waals surface area contributed by atoms with Crippen LogP contribution in [0.25, 0.3) is 0 Å². The molecule has 8 heteroatoms. The number of hydrogen-bond donors (Lipinski definition) is 3. The molecule has 0 aliphatic rings. The maximum atomic E-state index is 10.5. The van der Waals surface area contributed by atoms with Gasteiger partial charge in [-0.1, -0.05) is 0 Å². The Morgan fingerprint density at radius 1 is 1.07 bits per heavy atom. The van der Waals surface area contributed by atoms with E-state index in [1.807, 2.05) is 0 Å². The van der Waals surface area contributed by atoms with Gasteiger partial charge in [0, 0.05) is 6.07 Å². The third-order valence-corrected chi connectivity index (χ3v) is 2.10. The molecule has 1 aromatic rings. The summed E-state index contributed by atoms with van der Waals surface area (Å²) in [4.78, 5) is -0.706. The molecule has 0 heterocycles. The monoisotopic (exact) mass is 270 g/mol. The molecular formula is C6H8K2O5S. The number of rotatable bonds is 1. The summed E-state index contributed by atoms with van der Waals surface area (Å²) in [6.45, 7) is 0. The molecule has 5 nitrogen and oxygen atoms in total. The Morgan fingerprint density at radius 3 is 1.93 bits per heavy atom. The predicted octanol–water partition coefficient (Wildman–Crippen LogP) is -0.953. The van der Waals surface area contributed by atoms with Crippen LogP contribution in [0, 0.1) is 0 Å². The number of phenols is 2. The standard InChI is InChI=1S/C6H6O5S.2K.2H/c7-4-1-2-5(8)6(3-4)12(9,10)11;;;;/h1-3,7-8H,(H,9,10,11);;;;. The van der Waals surface area contributed by atoms with Gasteiger partial charge in [-0.2, -0.15) is 8.42 Å². The second kappa shape index (κ2) is 7.35. The Balaban J connectivity index is 0. The van der Waals surface area contributed by atoms with Crippen molar-refractivity contribution in [2.75, 3.05) is 0 Å². The fraction of sp³-hybridized carbons (Fsp3) is 0. The first-order valence-corrected chi connectivity index (χ1v) is 4.35. The van der Waals surface area contributed by atoms with Crippen LogP contribution in [-0.4, -0.2) is 126 Å². The summed E-state index contributed by atoms with van der Waals surface area (Å²) < 4.78 is 29.5. The Bertz CT molecular complexity index is 403. The summed E-state index contributed by atoms with van der Waals surface area (Å²) in [6, 6.07) is 2.83. The number of phenolic OH excluding ortho intramolecular Hbond substituents is 2. The van der Waals surface area contributed by atoms with Crippen molar-refractivity contribution in [3.63, 3.8) is 0 Å². The van der Waals surface area contributed by atoms with E-state index in [-0.39, 0.29) is 109 Å². The molecule has 3 N–H and O–H groups in total. The van der Waals surface area contributed by atoms with Gasteiger partial charge in [-0.15, -0.1) is 0 Å². The van der Waals surface area contributed by atoms with Crippen LogP contribution in [0.15, 0.2) is 23.1 Å². The van der Waals surface area contributed by atoms with E-state index >= 15 is 0 Å². The Hall–Kier alpha value is 2.00. The molecule has 0 spiro atoms. The second-order valence-corrected chi connectivity index (χ2v) is 3.52. The molecule has 0 aliphatic heterocycles. The molecule has 0 aromatic heterocycles. The molecule has 0 fully saturated rings. The molecule has 0 atom stereocenters. The van der Waals surface area contributed by atoms with Crippen LogP contribution in [-0.2, 0) is 10.1 Å². The van der Waals surface area contributed by atoms with Gasteiger partial charge in [0.25, 0.3) is 10.1 Å². The van der Waals surface area contributed by atoms with Gasteiger partial charge in [0.2, 0.25) is 0 Å². The quantitative estimate of drug-likeness (QED) is 0.347. The van der Waals surface area contributed by atoms with Gasteiger partial charge in [-0.3, -0.25) is 4.55 Å². The second-order valence-electron chi connectivity index (χ2n) is 2.13. The van der Waals surface area contributed by atoms with Crippen LogP contribution in [0.5, 0.6) is 11.5 Å². The van der Waals surface area contributed by atoms with Gasteiger partial charge in [0.1, 0.15) is 16.4 Å². The number of hydrogen-bond acceptors (Lipinski definition) is 4. The number of aromatic hydroxyl groups is 2. The fourth-order valence-electron chi connectivity index (χ4n) is 0.709. The average molecular weight is 270 g/mol. The maximum absolute atomic E-state index is 10.5. The van der Waals surface area contributed by atoms with Crippen LogP contribution < -0.4 is 0 Å². The van der Waals surface area contributed by atoms with Crippen molar-refractivity contribution in [2.45, 2.75) is 4.90 Å². The van der Waals surface area contributed by atoms with Gasteiger partial charge in [-0.25, -0.2) is 0 Å². The van der Waals surface area contributed by atoms with Crippen LogP contribution in [0.3, 0.4) is 0 Å². The predicted molar refractivity (Wildman–Crippen MR) is 53.9 cm³/mol. The van der Waals surface area contributed by atoms with Crippen LogP contribution in [0.4, 0.5) is 0 Å². The van der Waals surface area contributed by atoms with E-state index in [0.29, 0.717) is 0 Å². The normalized spacial score (nSPS) is 9.79. The van der Waals surface area contributed by atoms with Crippen LogP contribution >= 0.6 is 0 Å². The minimum absolute atomic E-state index is 0. The molecule has 0 saturated carbocycles. The Morgan fingerprint density at radius 2 is 1.57 bits per heavy atom. The van der Waals surface area contributed by atoms with Gasteiger partial charge < -0.3 is 10.2 Å². The average Bonchev–Trinajstić information content (AvgIpc) is 1.92. The van der Waals surface area contributed by atoms with Crippen LogP contribution in [0.2, 0.25) is 0 Å². The van der Waals surface area contributed by atoms with Gasteiger partial charge >= 0.3 is 103 Å². The molecule has 0 bridgehead atoms. The first kappa shape index (κ1) is 18.4. The summed E-state index contributed by atoms with van der Waals surface area (Å²) in [5.41, 5.74) is 0. The SMILES string of the molecule is O=S(=O)(O)c1cc(O)ccc1O.[KH].[KH]. The summed E-state index contributed by atoms with van der Waals surface area (Å²) in [7, 11) is -4.47. The van der Waals surface area contributed by atoms with Crippen molar-refractivity contribution in [1.29, 1.82) is 0 Å². The zero-order valence-electron chi connectivity index (χ0n) is 5.80. The summed E-state index contributed by atoms with van der Waals surface area (Å²) >= 11 is 0. The van der Waals surface area contributed by atoms with E-state index in [9.17, 15) is 8.42 Å². The van der Waals surface area contributed by atoms with Crippen molar-refractivity contribution in [2.24, 2.45) is 0 Å². The minimum atomic E-state index is -4.47. The van der Waals surface area contributed by atoms with E-state index in [1.54, 1.807) is 0 Å². The molecule has 1 rings (SSSR count). The van der Waals surface area contributed by atoms with Gasteiger partial charge in [-0.05, 0) is 12.1 Å². The van der Waals surface area contributed by atoms with E-state index in [0.717, 1.165) is 18.2 Å². The Labute approximate surface area is 166 Å². The molecule has 14 heavy (non-hydrogen) atoms. The van der Waals surface area contributed by atoms with Crippen molar-refractivity contribution in [1.82, 2.24) is 0 Å². The Kier molecular flexibility index (Phi) is 9.65. The zero-order valence-corrected chi connectivity index (χ0v) is 6.61. The third kappa shape index (κ3) is 5.37. The number of benzene rings is 1. The molecule has 0 aliphatic carbocycles. The molecule has 0 radical (unpaired) electrons. The molecule has 0 saturated heterocycles. The first-order valence-electron chi connectivity index (χ1n) is 2.91. The van der Waals surface area contributed by atoms with Crippen molar-refractivity contribution < 1.29 is 23.2 Å². The summed E-state index contributed by atoms with van der Waals surface area (Å²) in [5.74, 6) is -0.948. The molecule has 0 unspecified atom stereocenters. The fourth-order valence-corrected chi connectivity index (χ4v) is 1.31. The van der Waals surface area contributed by atoms with Gasteiger partial charge in [0.05, 0.1) is 0 Å². The van der Waals surface area contributed by atoms with Crippen LogP contribution in [0.1, 0.15) is 0 Å². The molecule has 1 aromatic carbocycles. The van der Waals surface area contributed by atoms with Gasteiger partial charge in [0.15, 0.2) is 0 Å². The topological polar surface area (TPSA) is 94.8 Å². The summed E-state index contributed by atoms with van der Waals surface area (Å²) in [5, 5.41) is 17.7. The van der Waals surface area contributed by atoms with Crippen molar-refractivity contribution in [3.05, 3.63) is 18.2 Å². The molecule has 0 amide bonds. The van der Waals surface area contributed by atoms with E-state index < -0.39 is 20.8 Å². The molecule has 70 valence electrons.